The number of hydrogen-bond donors (Lipinski definition) is 4. The lowest BCUT2D eigenvalue weighted by molar-refractivity contribution is -0.139. The van der Waals surface area contributed by atoms with E-state index in [0.29, 0.717) is 72.8 Å². The first kappa shape index (κ1) is 30.3. The van der Waals surface area contributed by atoms with Crippen LogP contribution in [0.3, 0.4) is 0 Å². The molecule has 3 aliphatic carbocycles. The highest BCUT2D eigenvalue weighted by atomic mass is 16.5. The van der Waals surface area contributed by atoms with E-state index in [4.69, 9.17) is 14.2 Å². The van der Waals surface area contributed by atoms with Crippen LogP contribution in [0.2, 0.25) is 0 Å². The summed E-state index contributed by atoms with van der Waals surface area (Å²) in [5, 5.41) is 34.0. The van der Waals surface area contributed by atoms with Crippen molar-refractivity contribution in [1.29, 1.82) is 0 Å². The topological polar surface area (TPSA) is 141 Å². The number of aliphatic hydroxyl groups is 3. The Labute approximate surface area is 252 Å². The molecule has 11 nitrogen and oxygen atoms in total. The van der Waals surface area contributed by atoms with Crippen LogP contribution in [0.1, 0.15) is 49.1 Å². The molecule has 1 aromatic rings. The summed E-state index contributed by atoms with van der Waals surface area (Å²) in [7, 11) is 1.51. The Hall–Kier alpha value is -2.70. The van der Waals surface area contributed by atoms with E-state index in [0.717, 1.165) is 25.4 Å². The third-order valence-corrected chi connectivity index (χ3v) is 10.3. The summed E-state index contributed by atoms with van der Waals surface area (Å²) >= 11 is 0. The molecule has 11 heteroatoms. The lowest BCUT2D eigenvalue weighted by Gasteiger charge is -2.42. The van der Waals surface area contributed by atoms with Crippen molar-refractivity contribution in [3.8, 4) is 11.5 Å². The number of benzene rings is 1. The predicted octanol–water partition coefficient (Wildman–Crippen LogP) is 0.797. The van der Waals surface area contributed by atoms with Gasteiger partial charge in [0, 0.05) is 50.3 Å². The van der Waals surface area contributed by atoms with Crippen molar-refractivity contribution in [2.45, 2.75) is 62.9 Å². The molecule has 4 N–H and O–H groups in total. The van der Waals surface area contributed by atoms with Crippen LogP contribution < -0.4 is 14.8 Å². The number of hydrogen-bond acceptors (Lipinski definition) is 9. The second kappa shape index (κ2) is 13.1. The van der Waals surface area contributed by atoms with Gasteiger partial charge >= 0.3 is 0 Å². The van der Waals surface area contributed by atoms with Crippen molar-refractivity contribution in [3.05, 3.63) is 34.9 Å². The number of fused-ring (bicyclic) bond motifs is 5. The van der Waals surface area contributed by atoms with Gasteiger partial charge in [-0.1, -0.05) is 6.42 Å². The molecule has 0 aromatic heterocycles. The summed E-state index contributed by atoms with van der Waals surface area (Å²) in [6.45, 7) is 3.52. The number of nitrogens with zero attached hydrogens (tertiary/aromatic N) is 2. The Balaban J connectivity index is 1.34. The summed E-state index contributed by atoms with van der Waals surface area (Å²) in [5.74, 6) is 1.46. The second-order valence-electron chi connectivity index (χ2n) is 12.7. The van der Waals surface area contributed by atoms with Gasteiger partial charge in [0.15, 0.2) is 11.5 Å². The number of nitrogens with one attached hydrogen (secondary N) is 1. The minimum atomic E-state index is -1.11. The SMILES string of the molecule is COc1cc(CO)cc2c1OC1C2C(C(=O)NCCO)=CC(N(CCN2CCOCC2)C(=O)CC2CC3CCC2C3)C1O. The largest absolute Gasteiger partial charge is 0.493 e. The van der Waals surface area contributed by atoms with Gasteiger partial charge < -0.3 is 39.7 Å². The number of carbonyl (C=O) groups excluding carboxylic acids is 2. The van der Waals surface area contributed by atoms with E-state index in [1.807, 2.05) is 0 Å². The number of aliphatic hydroxyl groups excluding tert-OH is 3. The van der Waals surface area contributed by atoms with Gasteiger partial charge in [-0.05, 0) is 60.8 Å². The van der Waals surface area contributed by atoms with E-state index in [-0.39, 0.29) is 31.6 Å². The number of methoxy groups -OCH3 is 1. The fourth-order valence-corrected chi connectivity index (χ4v) is 8.10. The third kappa shape index (κ3) is 6.02. The summed E-state index contributed by atoms with van der Waals surface area (Å²) in [5.41, 5.74) is 1.61. The van der Waals surface area contributed by atoms with Gasteiger partial charge in [0.2, 0.25) is 11.8 Å². The highest BCUT2D eigenvalue weighted by Gasteiger charge is 2.52. The lowest BCUT2D eigenvalue weighted by atomic mass is 9.77. The summed E-state index contributed by atoms with van der Waals surface area (Å²) in [6, 6.07) is 2.68. The van der Waals surface area contributed by atoms with Crippen LogP contribution in [0.25, 0.3) is 0 Å². The molecular weight excluding hydrogens is 554 g/mol. The third-order valence-electron chi connectivity index (χ3n) is 10.3. The van der Waals surface area contributed by atoms with Crippen molar-refractivity contribution in [1.82, 2.24) is 15.1 Å². The number of morpholine rings is 1. The molecule has 3 fully saturated rings. The lowest BCUT2D eigenvalue weighted by Crippen LogP contribution is -2.57. The van der Waals surface area contributed by atoms with E-state index in [1.54, 1.807) is 23.1 Å². The first-order valence-electron chi connectivity index (χ1n) is 15.8. The highest BCUT2D eigenvalue weighted by Crippen LogP contribution is 2.52. The van der Waals surface area contributed by atoms with Crippen LogP contribution in [0.4, 0.5) is 0 Å². The molecule has 0 spiro atoms. The maximum atomic E-state index is 14.2. The fourth-order valence-electron chi connectivity index (χ4n) is 8.10. The zero-order valence-electron chi connectivity index (χ0n) is 25.0. The van der Waals surface area contributed by atoms with Gasteiger partial charge in [-0.3, -0.25) is 14.5 Å². The molecule has 2 amide bonds. The number of ether oxygens (including phenoxy) is 3. The second-order valence-corrected chi connectivity index (χ2v) is 12.7. The molecule has 5 aliphatic rings. The summed E-state index contributed by atoms with van der Waals surface area (Å²) < 4.78 is 17.4. The Morgan fingerprint density at radius 1 is 1.16 bits per heavy atom. The molecule has 236 valence electrons. The number of rotatable bonds is 11. The standard InChI is InChI=1S/C32H45N3O8/c1-41-26-15-20(18-37)14-23-28-24(32(40)33-4-9-36)17-25(29(39)31(28)43-30(23)26)35(6-5-34-7-10-42-11-8-34)27(38)16-22-13-19-2-3-21(22)12-19/h14-15,17,19,21-22,25,28-29,31,36-37,39H,2-13,16,18H2,1H3,(H,33,40). The van der Waals surface area contributed by atoms with Gasteiger partial charge in [0.1, 0.15) is 12.2 Å². The molecule has 2 bridgehead atoms. The molecule has 7 atom stereocenters. The zero-order chi connectivity index (χ0) is 30.1. The van der Waals surface area contributed by atoms with Crippen LogP contribution in [-0.2, 0) is 20.9 Å². The van der Waals surface area contributed by atoms with Crippen LogP contribution >= 0.6 is 0 Å². The molecule has 2 heterocycles. The van der Waals surface area contributed by atoms with E-state index in [9.17, 15) is 24.9 Å². The average molecular weight is 600 g/mol. The van der Waals surface area contributed by atoms with E-state index >= 15 is 0 Å². The molecule has 1 aromatic carbocycles. The van der Waals surface area contributed by atoms with E-state index in [2.05, 4.69) is 10.2 Å². The molecule has 7 unspecified atom stereocenters. The van der Waals surface area contributed by atoms with Crippen molar-refractivity contribution < 1.29 is 39.1 Å². The highest BCUT2D eigenvalue weighted by molar-refractivity contribution is 5.96. The number of carbonyl (C=O) groups is 2. The van der Waals surface area contributed by atoms with Crippen molar-refractivity contribution in [3.63, 3.8) is 0 Å². The van der Waals surface area contributed by atoms with Gasteiger partial charge in [0.25, 0.3) is 0 Å². The molecule has 1 saturated heterocycles. The van der Waals surface area contributed by atoms with Gasteiger partial charge in [-0.25, -0.2) is 0 Å². The first-order chi connectivity index (χ1) is 20.9. The maximum Gasteiger partial charge on any atom is 0.247 e. The summed E-state index contributed by atoms with van der Waals surface area (Å²) in [4.78, 5) is 31.8. The monoisotopic (exact) mass is 599 g/mol. The molecule has 2 aliphatic heterocycles. The Morgan fingerprint density at radius 2 is 1.98 bits per heavy atom. The van der Waals surface area contributed by atoms with Crippen LogP contribution in [-0.4, -0.2) is 115 Å². The summed E-state index contributed by atoms with van der Waals surface area (Å²) in [6.07, 6.45) is 4.96. The number of amides is 2. The fraction of sp³-hybridized carbons (Fsp3) is 0.688. The van der Waals surface area contributed by atoms with Crippen LogP contribution in [0.15, 0.2) is 23.8 Å². The maximum absolute atomic E-state index is 14.2. The van der Waals surface area contributed by atoms with E-state index in [1.165, 1.54) is 26.4 Å². The smallest absolute Gasteiger partial charge is 0.247 e. The molecule has 6 rings (SSSR count). The van der Waals surface area contributed by atoms with Gasteiger partial charge in [0.05, 0.1) is 45.5 Å². The Bertz CT molecular complexity index is 1220. The first-order valence-corrected chi connectivity index (χ1v) is 15.8. The average Bonchev–Trinajstić information content (AvgIpc) is 3.76. The molecular formula is C32H45N3O8. The van der Waals surface area contributed by atoms with Crippen molar-refractivity contribution in [2.24, 2.45) is 17.8 Å². The van der Waals surface area contributed by atoms with E-state index < -0.39 is 24.2 Å². The zero-order valence-corrected chi connectivity index (χ0v) is 25.0. The Kier molecular flexibility index (Phi) is 9.25. The molecule has 0 radical (unpaired) electrons. The molecule has 43 heavy (non-hydrogen) atoms. The van der Waals surface area contributed by atoms with Crippen molar-refractivity contribution >= 4 is 11.8 Å². The predicted molar refractivity (Wildman–Crippen MR) is 157 cm³/mol. The minimum absolute atomic E-state index is 0.00432. The Morgan fingerprint density at radius 3 is 2.65 bits per heavy atom. The van der Waals surface area contributed by atoms with Gasteiger partial charge in [-0.2, -0.15) is 0 Å². The molecule has 2 saturated carbocycles. The van der Waals surface area contributed by atoms with Crippen LogP contribution in [0, 0.1) is 17.8 Å². The normalized spacial score (nSPS) is 31.2. The quantitative estimate of drug-likeness (QED) is 0.291. The van der Waals surface area contributed by atoms with Gasteiger partial charge in [-0.15, -0.1) is 0 Å². The minimum Gasteiger partial charge on any atom is -0.493 e. The van der Waals surface area contributed by atoms with Crippen LogP contribution in [0.5, 0.6) is 11.5 Å². The van der Waals surface area contributed by atoms with Crippen molar-refractivity contribution in [2.75, 3.05) is 59.7 Å².